The molecule has 2 atom stereocenters. The van der Waals surface area contributed by atoms with Gasteiger partial charge < -0.3 is 14.7 Å². The molecule has 0 saturated carbocycles. The Bertz CT molecular complexity index is 564. The fraction of sp³-hybridized carbons (Fsp3) is 0.429. The zero-order valence-electron chi connectivity index (χ0n) is 11.4. The Morgan fingerprint density at radius 1 is 1.43 bits per heavy atom. The van der Waals surface area contributed by atoms with Gasteiger partial charge in [-0.05, 0) is 6.07 Å². The van der Waals surface area contributed by atoms with Gasteiger partial charge in [-0.15, -0.1) is 0 Å². The molecule has 7 heteroatoms. The highest BCUT2D eigenvalue weighted by Gasteiger charge is 2.39. The fourth-order valence-corrected chi connectivity index (χ4v) is 2.43. The average Bonchev–Trinajstić information content (AvgIpc) is 2.88. The van der Waals surface area contributed by atoms with Crippen LogP contribution in [-0.4, -0.2) is 47.7 Å². The van der Waals surface area contributed by atoms with Gasteiger partial charge in [0, 0.05) is 25.6 Å². The second-order valence-electron chi connectivity index (χ2n) is 4.88. The number of ether oxygens (including phenoxy) is 1. The van der Waals surface area contributed by atoms with Crippen molar-refractivity contribution in [1.29, 1.82) is 0 Å². The lowest BCUT2D eigenvalue weighted by atomic mass is 10.1. The molecule has 2 unspecified atom stereocenters. The number of carboxylic acids is 1. The largest absolute Gasteiger partial charge is 0.480 e. The maximum absolute atomic E-state index is 13.6. The van der Waals surface area contributed by atoms with Crippen LogP contribution >= 0.6 is 0 Å². The number of carboxylic acid groups (broad SMARTS) is 1. The Labute approximate surface area is 120 Å². The second-order valence-corrected chi connectivity index (χ2v) is 4.88. The summed E-state index contributed by atoms with van der Waals surface area (Å²) in [4.78, 5) is 24.5. The highest BCUT2D eigenvalue weighted by Crippen LogP contribution is 2.22. The van der Waals surface area contributed by atoms with Crippen LogP contribution in [0.4, 0.5) is 8.78 Å². The van der Waals surface area contributed by atoms with Gasteiger partial charge in [-0.1, -0.05) is 12.1 Å². The van der Waals surface area contributed by atoms with Crippen LogP contribution in [-0.2, 0) is 20.7 Å². The molecule has 21 heavy (non-hydrogen) atoms. The zero-order valence-corrected chi connectivity index (χ0v) is 11.4. The van der Waals surface area contributed by atoms with E-state index < -0.39 is 29.6 Å². The normalized spacial score (nSPS) is 21.6. The molecular weight excluding hydrogens is 284 g/mol. The van der Waals surface area contributed by atoms with E-state index in [2.05, 4.69) is 0 Å². The van der Waals surface area contributed by atoms with Crippen molar-refractivity contribution in [2.75, 3.05) is 13.7 Å². The number of carbonyl (C=O) groups excluding carboxylic acids is 1. The molecule has 0 radical (unpaired) electrons. The quantitative estimate of drug-likeness (QED) is 0.907. The smallest absolute Gasteiger partial charge is 0.326 e. The molecule has 1 saturated heterocycles. The summed E-state index contributed by atoms with van der Waals surface area (Å²) in [7, 11) is 1.43. The minimum absolute atomic E-state index is 0.0926. The Morgan fingerprint density at radius 3 is 2.76 bits per heavy atom. The molecule has 0 spiro atoms. The summed E-state index contributed by atoms with van der Waals surface area (Å²) in [6.45, 7) is 0.128. The molecule has 1 fully saturated rings. The van der Waals surface area contributed by atoms with E-state index >= 15 is 0 Å². The molecule has 5 nitrogen and oxygen atoms in total. The fourth-order valence-electron chi connectivity index (χ4n) is 2.43. The van der Waals surface area contributed by atoms with Crippen molar-refractivity contribution in [3.8, 4) is 0 Å². The number of carbonyl (C=O) groups is 2. The van der Waals surface area contributed by atoms with Crippen LogP contribution in [0.3, 0.4) is 0 Å². The molecule has 1 aliphatic rings. The number of aliphatic carboxylic acids is 1. The van der Waals surface area contributed by atoms with Gasteiger partial charge in [0.1, 0.15) is 6.04 Å². The molecule has 0 aromatic heterocycles. The van der Waals surface area contributed by atoms with Crippen LogP contribution in [0, 0.1) is 11.6 Å². The van der Waals surface area contributed by atoms with E-state index in [1.54, 1.807) is 0 Å². The molecule has 0 bridgehead atoms. The first-order valence-corrected chi connectivity index (χ1v) is 6.42. The van der Waals surface area contributed by atoms with Crippen molar-refractivity contribution in [2.45, 2.75) is 25.0 Å². The molecule has 1 amide bonds. The first-order chi connectivity index (χ1) is 9.93. The summed E-state index contributed by atoms with van der Waals surface area (Å²) in [5, 5.41) is 9.13. The number of halogens is 2. The number of hydrogen-bond acceptors (Lipinski definition) is 3. The first-order valence-electron chi connectivity index (χ1n) is 6.42. The Balaban J connectivity index is 2.15. The van der Waals surface area contributed by atoms with E-state index in [1.165, 1.54) is 19.2 Å². The van der Waals surface area contributed by atoms with Gasteiger partial charge in [-0.2, -0.15) is 0 Å². The number of rotatable bonds is 4. The van der Waals surface area contributed by atoms with E-state index in [1.807, 2.05) is 0 Å². The monoisotopic (exact) mass is 299 g/mol. The maximum atomic E-state index is 13.6. The maximum Gasteiger partial charge on any atom is 0.326 e. The van der Waals surface area contributed by atoms with Crippen molar-refractivity contribution < 1.29 is 28.2 Å². The number of benzene rings is 1. The van der Waals surface area contributed by atoms with E-state index in [9.17, 15) is 18.4 Å². The van der Waals surface area contributed by atoms with Gasteiger partial charge >= 0.3 is 5.97 Å². The lowest BCUT2D eigenvalue weighted by Gasteiger charge is -2.21. The van der Waals surface area contributed by atoms with E-state index in [0.717, 1.165) is 11.0 Å². The molecule has 1 heterocycles. The summed E-state index contributed by atoms with van der Waals surface area (Å²) in [5.41, 5.74) is -0.0926. The number of amides is 1. The molecule has 1 aromatic rings. The van der Waals surface area contributed by atoms with Crippen LogP contribution in [0.5, 0.6) is 0 Å². The molecule has 114 valence electrons. The summed E-state index contributed by atoms with van der Waals surface area (Å²) in [5.74, 6) is -3.82. The van der Waals surface area contributed by atoms with Gasteiger partial charge in [-0.25, -0.2) is 13.6 Å². The van der Waals surface area contributed by atoms with Gasteiger partial charge in [-0.3, -0.25) is 4.79 Å². The Hall–Kier alpha value is -2.02. The lowest BCUT2D eigenvalue weighted by molar-refractivity contribution is -0.148. The molecule has 1 aromatic carbocycles. The standard InChI is InChI=1S/C14H15F2NO4/c1-21-9-6-11(14(19)20)17(7-9)12(18)5-8-3-2-4-10(15)13(8)16/h2-4,9,11H,5-7H2,1H3,(H,19,20). The molecular formula is C14H15F2NO4. The van der Waals surface area contributed by atoms with Crippen molar-refractivity contribution in [3.05, 3.63) is 35.4 Å². The molecule has 1 aliphatic heterocycles. The first kappa shape index (κ1) is 15.4. The predicted octanol–water partition coefficient (Wildman–Crippen LogP) is 1.21. The van der Waals surface area contributed by atoms with Crippen molar-refractivity contribution in [3.63, 3.8) is 0 Å². The van der Waals surface area contributed by atoms with Crippen LogP contribution in [0.1, 0.15) is 12.0 Å². The average molecular weight is 299 g/mol. The van der Waals surface area contributed by atoms with Crippen molar-refractivity contribution >= 4 is 11.9 Å². The summed E-state index contributed by atoms with van der Waals surface area (Å²) in [6, 6.07) is 2.56. The van der Waals surface area contributed by atoms with E-state index in [-0.39, 0.29) is 31.1 Å². The Kier molecular flexibility index (Phi) is 4.52. The number of likely N-dealkylation sites (tertiary alicyclic amines) is 1. The summed E-state index contributed by atoms with van der Waals surface area (Å²) in [6.07, 6.45) is -0.570. The third-order valence-corrected chi connectivity index (χ3v) is 3.57. The highest BCUT2D eigenvalue weighted by molar-refractivity contribution is 5.85. The lowest BCUT2D eigenvalue weighted by Crippen LogP contribution is -2.41. The topological polar surface area (TPSA) is 66.8 Å². The van der Waals surface area contributed by atoms with Crippen LogP contribution in [0.2, 0.25) is 0 Å². The third-order valence-electron chi connectivity index (χ3n) is 3.57. The van der Waals surface area contributed by atoms with Crippen LogP contribution < -0.4 is 0 Å². The zero-order chi connectivity index (χ0) is 15.6. The van der Waals surface area contributed by atoms with Crippen LogP contribution in [0.25, 0.3) is 0 Å². The van der Waals surface area contributed by atoms with Crippen molar-refractivity contribution in [1.82, 2.24) is 4.90 Å². The summed E-state index contributed by atoms with van der Waals surface area (Å²) >= 11 is 0. The van der Waals surface area contributed by atoms with E-state index in [0.29, 0.717) is 0 Å². The van der Waals surface area contributed by atoms with Gasteiger partial charge in [0.15, 0.2) is 11.6 Å². The second kappa shape index (κ2) is 6.17. The third kappa shape index (κ3) is 3.18. The number of hydrogen-bond donors (Lipinski definition) is 1. The van der Waals surface area contributed by atoms with Gasteiger partial charge in [0.05, 0.1) is 12.5 Å². The molecule has 0 aliphatic carbocycles. The number of methoxy groups -OCH3 is 1. The van der Waals surface area contributed by atoms with Crippen molar-refractivity contribution in [2.24, 2.45) is 0 Å². The van der Waals surface area contributed by atoms with Gasteiger partial charge in [0.25, 0.3) is 0 Å². The minimum atomic E-state index is -1.14. The predicted molar refractivity (Wildman–Crippen MR) is 68.6 cm³/mol. The minimum Gasteiger partial charge on any atom is -0.480 e. The molecule has 1 N–H and O–H groups in total. The highest BCUT2D eigenvalue weighted by atomic mass is 19.2. The Morgan fingerprint density at radius 2 is 2.14 bits per heavy atom. The van der Waals surface area contributed by atoms with Gasteiger partial charge in [0.2, 0.25) is 5.91 Å². The summed E-state index contributed by atoms with van der Waals surface area (Å²) < 4.78 is 31.7. The SMILES string of the molecule is COC1CC(C(=O)O)N(C(=O)Cc2cccc(F)c2F)C1. The van der Waals surface area contributed by atoms with Crippen LogP contribution in [0.15, 0.2) is 18.2 Å². The van der Waals surface area contributed by atoms with E-state index in [4.69, 9.17) is 9.84 Å². The number of nitrogens with zero attached hydrogens (tertiary/aromatic N) is 1. The molecule has 2 rings (SSSR count).